The summed E-state index contributed by atoms with van der Waals surface area (Å²) in [6, 6.07) is 9.11. The van der Waals surface area contributed by atoms with Gasteiger partial charge in [0.2, 0.25) is 0 Å². The Labute approximate surface area is 166 Å². The van der Waals surface area contributed by atoms with Gasteiger partial charge in [0.15, 0.2) is 0 Å². The van der Waals surface area contributed by atoms with Crippen LogP contribution in [0.25, 0.3) is 0 Å². The highest BCUT2D eigenvalue weighted by molar-refractivity contribution is 5.33. The van der Waals surface area contributed by atoms with Gasteiger partial charge in [-0.25, -0.2) is 8.78 Å². The number of ether oxygens (including phenoxy) is 1. The van der Waals surface area contributed by atoms with Crippen LogP contribution in [0.1, 0.15) is 28.4 Å². The van der Waals surface area contributed by atoms with Gasteiger partial charge in [-0.05, 0) is 29.3 Å². The summed E-state index contributed by atoms with van der Waals surface area (Å²) in [6.45, 7) is 0.556. The maximum Gasteiger partial charge on any atom is 0.128 e. The normalized spacial score (nSPS) is 29.8. The van der Waals surface area contributed by atoms with Crippen molar-refractivity contribution in [2.24, 2.45) is 0 Å². The molecular formula is C21H23F2NO5. The first-order chi connectivity index (χ1) is 13.9. The molecule has 1 saturated heterocycles. The quantitative estimate of drug-likeness (QED) is 0.604. The van der Waals surface area contributed by atoms with Crippen LogP contribution in [-0.4, -0.2) is 56.3 Å². The Morgan fingerprint density at radius 1 is 0.966 bits per heavy atom. The van der Waals surface area contributed by atoms with Gasteiger partial charge in [0.1, 0.15) is 42.2 Å². The lowest BCUT2D eigenvalue weighted by atomic mass is 9.90. The second-order valence-electron chi connectivity index (χ2n) is 7.62. The Kier molecular flexibility index (Phi) is 5.65. The van der Waals surface area contributed by atoms with Crippen molar-refractivity contribution < 1.29 is 33.9 Å². The predicted molar refractivity (Wildman–Crippen MR) is 98.5 cm³/mol. The molecule has 4 rings (SSSR count). The van der Waals surface area contributed by atoms with Crippen molar-refractivity contribution in [2.45, 2.75) is 50.2 Å². The molecule has 6 nitrogen and oxygen atoms in total. The summed E-state index contributed by atoms with van der Waals surface area (Å²) < 4.78 is 34.0. The number of rotatable bonds is 4. The van der Waals surface area contributed by atoms with Crippen molar-refractivity contribution in [1.82, 2.24) is 4.90 Å². The molecule has 156 valence electrons. The summed E-state index contributed by atoms with van der Waals surface area (Å²) in [5, 5.41) is 39.6. The maximum atomic E-state index is 14.4. The Bertz CT molecular complexity index is 893. The Balaban J connectivity index is 1.55. The van der Waals surface area contributed by atoms with E-state index in [1.165, 1.54) is 24.3 Å². The minimum Gasteiger partial charge on any atom is -0.394 e. The largest absolute Gasteiger partial charge is 0.394 e. The van der Waals surface area contributed by atoms with Gasteiger partial charge in [-0.15, -0.1) is 0 Å². The molecule has 0 saturated carbocycles. The monoisotopic (exact) mass is 407 g/mol. The Morgan fingerprint density at radius 3 is 2.48 bits per heavy atom. The van der Waals surface area contributed by atoms with E-state index < -0.39 is 42.9 Å². The number of aliphatic hydroxyl groups is 4. The van der Waals surface area contributed by atoms with E-state index in [4.69, 9.17) is 4.74 Å². The van der Waals surface area contributed by atoms with Crippen molar-refractivity contribution >= 4 is 0 Å². The third-order valence-electron chi connectivity index (χ3n) is 5.68. The fraction of sp³-hybridized carbons (Fsp3) is 0.429. The fourth-order valence-electron chi connectivity index (χ4n) is 4.07. The minimum absolute atomic E-state index is 0.227. The van der Waals surface area contributed by atoms with Gasteiger partial charge in [0, 0.05) is 30.8 Å². The van der Waals surface area contributed by atoms with E-state index in [0.717, 1.165) is 5.56 Å². The van der Waals surface area contributed by atoms with Gasteiger partial charge in [0.25, 0.3) is 0 Å². The van der Waals surface area contributed by atoms with Crippen LogP contribution in [0.15, 0.2) is 36.4 Å². The van der Waals surface area contributed by atoms with Crippen LogP contribution >= 0.6 is 0 Å². The van der Waals surface area contributed by atoms with E-state index in [2.05, 4.69) is 0 Å². The number of hydrogen-bond donors (Lipinski definition) is 4. The molecule has 0 spiro atoms. The molecule has 2 aliphatic rings. The highest BCUT2D eigenvalue weighted by Crippen LogP contribution is 2.34. The molecule has 0 aromatic heterocycles. The maximum absolute atomic E-state index is 14.4. The second-order valence-corrected chi connectivity index (χ2v) is 7.62. The molecule has 1 fully saturated rings. The van der Waals surface area contributed by atoms with Crippen LogP contribution in [0.4, 0.5) is 8.78 Å². The molecule has 5 unspecified atom stereocenters. The molecule has 4 N–H and O–H groups in total. The first-order valence-electron chi connectivity index (χ1n) is 9.46. The molecule has 2 aromatic rings. The molecule has 0 aliphatic carbocycles. The predicted octanol–water partition coefficient (Wildman–Crippen LogP) is 0.995. The number of benzene rings is 2. The van der Waals surface area contributed by atoms with Crippen LogP contribution in [0.5, 0.6) is 0 Å². The smallest absolute Gasteiger partial charge is 0.128 e. The highest BCUT2D eigenvalue weighted by Gasteiger charge is 2.44. The second kappa shape index (κ2) is 8.06. The van der Waals surface area contributed by atoms with Crippen LogP contribution in [0, 0.1) is 11.6 Å². The van der Waals surface area contributed by atoms with Crippen LogP contribution in [0.3, 0.4) is 0 Å². The number of nitrogens with zero attached hydrogens (tertiary/aromatic N) is 1. The fourth-order valence-corrected chi connectivity index (χ4v) is 4.07. The number of fused-ring (bicyclic) bond motifs is 1. The summed E-state index contributed by atoms with van der Waals surface area (Å²) in [6.07, 6.45) is -6.46. The number of halogens is 2. The van der Waals surface area contributed by atoms with E-state index in [1.54, 1.807) is 6.07 Å². The lowest BCUT2D eigenvalue weighted by Crippen LogP contribution is -2.55. The van der Waals surface area contributed by atoms with E-state index in [-0.39, 0.29) is 12.4 Å². The van der Waals surface area contributed by atoms with Gasteiger partial charge < -0.3 is 25.2 Å². The molecule has 2 heterocycles. The third kappa shape index (κ3) is 3.79. The lowest BCUT2D eigenvalue weighted by molar-refractivity contribution is -0.231. The topological polar surface area (TPSA) is 93.4 Å². The summed E-state index contributed by atoms with van der Waals surface area (Å²) in [5.74, 6) is -0.727. The van der Waals surface area contributed by atoms with Crippen molar-refractivity contribution in [3.8, 4) is 0 Å². The van der Waals surface area contributed by atoms with Crippen molar-refractivity contribution in [1.29, 1.82) is 0 Å². The molecule has 8 heteroatoms. The Hall–Kier alpha value is -1.94. The first kappa shape index (κ1) is 20.3. The zero-order valence-electron chi connectivity index (χ0n) is 15.6. The van der Waals surface area contributed by atoms with Crippen molar-refractivity contribution in [2.75, 3.05) is 6.61 Å². The molecule has 0 bridgehead atoms. The zero-order chi connectivity index (χ0) is 20.7. The van der Waals surface area contributed by atoms with Gasteiger partial charge >= 0.3 is 0 Å². The summed E-state index contributed by atoms with van der Waals surface area (Å²) >= 11 is 0. The Morgan fingerprint density at radius 2 is 1.76 bits per heavy atom. The van der Waals surface area contributed by atoms with E-state index in [1.807, 2.05) is 11.0 Å². The molecule has 5 atom stereocenters. The van der Waals surface area contributed by atoms with Crippen molar-refractivity contribution in [3.05, 3.63) is 70.3 Å². The van der Waals surface area contributed by atoms with Crippen molar-refractivity contribution in [3.63, 3.8) is 0 Å². The van der Waals surface area contributed by atoms with E-state index in [9.17, 15) is 29.2 Å². The molecule has 2 aromatic carbocycles. The van der Waals surface area contributed by atoms with Gasteiger partial charge in [-0.3, -0.25) is 4.90 Å². The van der Waals surface area contributed by atoms with Gasteiger partial charge in [0.05, 0.1) is 6.61 Å². The summed E-state index contributed by atoms with van der Waals surface area (Å²) in [5.41, 5.74) is 2.24. The van der Waals surface area contributed by atoms with Crippen LogP contribution in [0.2, 0.25) is 0 Å². The molecule has 29 heavy (non-hydrogen) atoms. The number of hydrogen-bond acceptors (Lipinski definition) is 6. The van der Waals surface area contributed by atoms with Gasteiger partial charge in [-0.1, -0.05) is 18.2 Å². The third-order valence-corrected chi connectivity index (χ3v) is 5.68. The lowest BCUT2D eigenvalue weighted by Gasteiger charge is -2.40. The minimum atomic E-state index is -1.50. The molecular weight excluding hydrogens is 384 g/mol. The van der Waals surface area contributed by atoms with E-state index >= 15 is 0 Å². The highest BCUT2D eigenvalue weighted by atomic mass is 19.1. The molecule has 0 radical (unpaired) electrons. The average Bonchev–Trinajstić information content (AvgIpc) is 3.12. The summed E-state index contributed by atoms with van der Waals surface area (Å²) in [7, 11) is 0. The average molecular weight is 407 g/mol. The first-order valence-corrected chi connectivity index (χ1v) is 9.46. The number of aliphatic hydroxyl groups excluding tert-OH is 4. The molecule has 0 amide bonds. The SMILES string of the molecule is OCC1OC(c2ccc(F)c(CN3Cc4cccc(F)c4C3)c2)C(O)C(O)C1O. The standard InChI is InChI=1S/C21H23F2NO5/c22-15-5-4-11(21-20(28)19(27)18(26)17(10-25)29-21)6-13(15)8-24-7-12-2-1-3-16(23)14(12)9-24/h1-6,17-21,25-28H,7-10H2. The molecule has 2 aliphatic heterocycles. The summed E-state index contributed by atoms with van der Waals surface area (Å²) in [4.78, 5) is 1.91. The van der Waals surface area contributed by atoms with Crippen LogP contribution in [-0.2, 0) is 24.4 Å². The van der Waals surface area contributed by atoms with Crippen LogP contribution < -0.4 is 0 Å². The zero-order valence-corrected chi connectivity index (χ0v) is 15.6. The van der Waals surface area contributed by atoms with Gasteiger partial charge in [-0.2, -0.15) is 0 Å². The van der Waals surface area contributed by atoms with E-state index in [0.29, 0.717) is 29.8 Å².